The maximum atomic E-state index is 9.09. The predicted molar refractivity (Wildman–Crippen MR) is 57.3 cm³/mol. The molecule has 0 aliphatic carbocycles. The van der Waals surface area contributed by atoms with Crippen molar-refractivity contribution in [2.24, 2.45) is 0 Å². The van der Waals surface area contributed by atoms with Gasteiger partial charge in [-0.25, -0.2) is 0 Å². The molecular weight excluding hydrogens is 178 g/mol. The van der Waals surface area contributed by atoms with Crippen LogP contribution in [0.1, 0.15) is 20.3 Å². The molecule has 1 saturated heterocycles. The summed E-state index contributed by atoms with van der Waals surface area (Å²) in [7, 11) is 0. The van der Waals surface area contributed by atoms with Crippen LogP contribution >= 0.6 is 0 Å². The van der Waals surface area contributed by atoms with Crippen LogP contribution in [0.25, 0.3) is 0 Å². The topological polar surface area (TPSA) is 32.7 Å². The molecule has 3 nitrogen and oxygen atoms in total. The van der Waals surface area contributed by atoms with E-state index in [4.69, 9.17) is 9.84 Å². The normalized spacial score (nSPS) is 27.5. The monoisotopic (exact) mass is 199 g/mol. The first-order valence-electron chi connectivity index (χ1n) is 5.19. The molecule has 0 aromatic rings. The summed E-state index contributed by atoms with van der Waals surface area (Å²) in [5.74, 6) is 0. The van der Waals surface area contributed by atoms with Crippen LogP contribution in [0.5, 0.6) is 0 Å². The van der Waals surface area contributed by atoms with Crippen molar-refractivity contribution < 1.29 is 9.84 Å². The fraction of sp³-hybridized carbons (Fsp3) is 0.818. The van der Waals surface area contributed by atoms with Gasteiger partial charge in [0.05, 0.1) is 18.3 Å². The van der Waals surface area contributed by atoms with E-state index in [-0.39, 0.29) is 18.3 Å². The van der Waals surface area contributed by atoms with E-state index in [1.54, 1.807) is 0 Å². The minimum atomic E-state index is -0.146. The van der Waals surface area contributed by atoms with E-state index in [0.717, 1.165) is 26.1 Å². The Morgan fingerprint density at radius 2 is 2.36 bits per heavy atom. The van der Waals surface area contributed by atoms with Gasteiger partial charge in [0.15, 0.2) is 0 Å². The second kappa shape index (κ2) is 4.91. The second-order valence-electron chi connectivity index (χ2n) is 4.49. The van der Waals surface area contributed by atoms with Gasteiger partial charge in [0, 0.05) is 19.6 Å². The van der Waals surface area contributed by atoms with Gasteiger partial charge >= 0.3 is 0 Å². The molecule has 3 heteroatoms. The molecule has 0 aromatic heterocycles. The van der Waals surface area contributed by atoms with Crippen LogP contribution in [0.2, 0.25) is 0 Å². The van der Waals surface area contributed by atoms with Crippen molar-refractivity contribution in [2.75, 3.05) is 26.2 Å². The molecule has 1 N–H and O–H groups in total. The van der Waals surface area contributed by atoms with Crippen molar-refractivity contribution in [3.05, 3.63) is 12.7 Å². The van der Waals surface area contributed by atoms with Crippen molar-refractivity contribution in [1.29, 1.82) is 0 Å². The minimum absolute atomic E-state index is 0.0384. The van der Waals surface area contributed by atoms with Crippen LogP contribution in [-0.2, 0) is 4.74 Å². The van der Waals surface area contributed by atoms with Crippen LogP contribution in [0.3, 0.4) is 0 Å². The van der Waals surface area contributed by atoms with Crippen LogP contribution in [0.4, 0.5) is 0 Å². The van der Waals surface area contributed by atoms with E-state index in [1.165, 1.54) is 0 Å². The number of morpholine rings is 1. The lowest BCUT2D eigenvalue weighted by Gasteiger charge is -2.42. The van der Waals surface area contributed by atoms with Gasteiger partial charge in [-0.2, -0.15) is 0 Å². The molecule has 1 heterocycles. The van der Waals surface area contributed by atoms with Gasteiger partial charge in [0.1, 0.15) is 0 Å². The van der Waals surface area contributed by atoms with E-state index < -0.39 is 0 Å². The summed E-state index contributed by atoms with van der Waals surface area (Å²) in [4.78, 5) is 2.33. The first-order valence-corrected chi connectivity index (χ1v) is 5.19. The summed E-state index contributed by atoms with van der Waals surface area (Å²) in [6, 6.07) is 0. The Hall–Kier alpha value is -0.380. The first-order chi connectivity index (χ1) is 6.57. The predicted octanol–water partition coefficient (Wildman–Crippen LogP) is 1.03. The highest BCUT2D eigenvalue weighted by atomic mass is 16.5. The Kier molecular flexibility index (Phi) is 4.11. The quantitative estimate of drug-likeness (QED) is 0.687. The lowest BCUT2D eigenvalue weighted by Crippen LogP contribution is -2.53. The highest BCUT2D eigenvalue weighted by Gasteiger charge is 2.32. The summed E-state index contributed by atoms with van der Waals surface area (Å²) >= 11 is 0. The van der Waals surface area contributed by atoms with E-state index in [9.17, 15) is 0 Å². The Labute approximate surface area is 86.4 Å². The molecule has 82 valence electrons. The van der Waals surface area contributed by atoms with Gasteiger partial charge in [-0.15, -0.1) is 6.58 Å². The zero-order chi connectivity index (χ0) is 10.6. The number of rotatable bonds is 4. The number of hydrogen-bond acceptors (Lipinski definition) is 3. The number of aliphatic hydroxyl groups excluding tert-OH is 1. The van der Waals surface area contributed by atoms with E-state index in [1.807, 2.05) is 6.08 Å². The SMILES string of the molecule is C=CCCN1CC(CO)OC(C)(C)C1. The molecule has 1 unspecified atom stereocenters. The molecule has 1 rings (SSSR count). The van der Waals surface area contributed by atoms with Gasteiger partial charge in [0.2, 0.25) is 0 Å². The van der Waals surface area contributed by atoms with Gasteiger partial charge in [-0.05, 0) is 20.3 Å². The molecule has 0 amide bonds. The molecule has 1 aliphatic rings. The third-order valence-corrected chi connectivity index (χ3v) is 2.41. The second-order valence-corrected chi connectivity index (χ2v) is 4.49. The van der Waals surface area contributed by atoms with Crippen molar-refractivity contribution in [3.63, 3.8) is 0 Å². The summed E-state index contributed by atoms with van der Waals surface area (Å²) < 4.78 is 5.72. The van der Waals surface area contributed by atoms with E-state index in [0.29, 0.717) is 0 Å². The van der Waals surface area contributed by atoms with Crippen molar-refractivity contribution >= 4 is 0 Å². The number of aliphatic hydroxyl groups is 1. The summed E-state index contributed by atoms with van der Waals surface area (Å²) in [5, 5.41) is 9.09. The largest absolute Gasteiger partial charge is 0.394 e. The minimum Gasteiger partial charge on any atom is -0.394 e. The average molecular weight is 199 g/mol. The Morgan fingerprint density at radius 1 is 1.64 bits per heavy atom. The molecule has 0 radical (unpaired) electrons. The average Bonchev–Trinajstić information content (AvgIpc) is 2.12. The Bertz CT molecular complexity index is 192. The molecule has 0 aromatic carbocycles. The number of hydrogen-bond donors (Lipinski definition) is 1. The molecule has 0 saturated carbocycles. The molecule has 14 heavy (non-hydrogen) atoms. The van der Waals surface area contributed by atoms with Crippen LogP contribution in [0, 0.1) is 0 Å². The highest BCUT2D eigenvalue weighted by Crippen LogP contribution is 2.20. The molecular formula is C11H21NO2. The van der Waals surface area contributed by atoms with Gasteiger partial charge in [0.25, 0.3) is 0 Å². The third-order valence-electron chi connectivity index (χ3n) is 2.41. The van der Waals surface area contributed by atoms with Crippen molar-refractivity contribution in [3.8, 4) is 0 Å². The van der Waals surface area contributed by atoms with Crippen molar-refractivity contribution in [1.82, 2.24) is 4.90 Å². The highest BCUT2D eigenvalue weighted by molar-refractivity contribution is 4.84. The van der Waals surface area contributed by atoms with Gasteiger partial charge < -0.3 is 9.84 Å². The van der Waals surface area contributed by atoms with Crippen LogP contribution in [0.15, 0.2) is 12.7 Å². The van der Waals surface area contributed by atoms with Gasteiger partial charge in [-0.3, -0.25) is 4.90 Å². The fourth-order valence-electron chi connectivity index (χ4n) is 1.96. The van der Waals surface area contributed by atoms with E-state index >= 15 is 0 Å². The van der Waals surface area contributed by atoms with Crippen LogP contribution < -0.4 is 0 Å². The number of nitrogens with zero attached hydrogens (tertiary/aromatic N) is 1. The maximum Gasteiger partial charge on any atom is 0.0940 e. The van der Waals surface area contributed by atoms with Crippen LogP contribution in [-0.4, -0.2) is 48.0 Å². The molecule has 1 aliphatic heterocycles. The third kappa shape index (κ3) is 3.40. The zero-order valence-corrected chi connectivity index (χ0v) is 9.20. The van der Waals surface area contributed by atoms with E-state index in [2.05, 4.69) is 25.3 Å². The van der Waals surface area contributed by atoms with Gasteiger partial charge in [-0.1, -0.05) is 6.08 Å². The fourth-order valence-corrected chi connectivity index (χ4v) is 1.96. The Balaban J connectivity index is 2.47. The number of ether oxygens (including phenoxy) is 1. The summed E-state index contributed by atoms with van der Waals surface area (Å²) in [6.07, 6.45) is 2.88. The summed E-state index contributed by atoms with van der Waals surface area (Å²) in [6.45, 7) is 10.7. The molecule has 1 fully saturated rings. The lowest BCUT2D eigenvalue weighted by molar-refractivity contribution is -0.148. The first kappa shape index (κ1) is 11.7. The zero-order valence-electron chi connectivity index (χ0n) is 9.20. The Morgan fingerprint density at radius 3 is 2.93 bits per heavy atom. The molecule has 0 spiro atoms. The smallest absolute Gasteiger partial charge is 0.0940 e. The lowest BCUT2D eigenvalue weighted by atomic mass is 10.1. The molecule has 0 bridgehead atoms. The maximum absolute atomic E-state index is 9.09. The molecule has 1 atom stereocenters. The standard InChI is InChI=1S/C11H21NO2/c1-4-5-6-12-7-10(8-13)14-11(2,3)9-12/h4,10,13H,1,5-9H2,2-3H3. The summed E-state index contributed by atoms with van der Waals surface area (Å²) in [5.41, 5.74) is -0.146. The van der Waals surface area contributed by atoms with Crippen molar-refractivity contribution in [2.45, 2.75) is 32.0 Å².